The molecule has 132 valence electrons. The maximum atomic E-state index is 12.7. The van der Waals surface area contributed by atoms with E-state index < -0.39 is 0 Å². The number of carbonyl (C=O) groups is 3. The van der Waals surface area contributed by atoms with Crippen molar-refractivity contribution in [3.05, 3.63) is 42.5 Å². The molecule has 5 nitrogen and oxygen atoms in total. The Balaban J connectivity index is 1.34. The first-order chi connectivity index (χ1) is 12.6. The van der Waals surface area contributed by atoms with E-state index in [0.29, 0.717) is 17.5 Å². The summed E-state index contributed by atoms with van der Waals surface area (Å²) >= 11 is 0. The van der Waals surface area contributed by atoms with Gasteiger partial charge in [-0.1, -0.05) is 36.4 Å². The van der Waals surface area contributed by atoms with E-state index in [1.54, 1.807) is 0 Å². The van der Waals surface area contributed by atoms with Gasteiger partial charge >= 0.3 is 0 Å². The molecule has 1 saturated heterocycles. The number of anilines is 1. The highest BCUT2D eigenvalue weighted by molar-refractivity contribution is 6.10. The maximum Gasteiger partial charge on any atom is 0.244 e. The summed E-state index contributed by atoms with van der Waals surface area (Å²) in [5, 5.41) is 4.85. The fourth-order valence-electron chi connectivity index (χ4n) is 5.29. The molecule has 4 atom stereocenters. The molecule has 2 aromatic carbocycles. The lowest BCUT2D eigenvalue weighted by Gasteiger charge is -2.19. The zero-order valence-corrected chi connectivity index (χ0v) is 14.4. The van der Waals surface area contributed by atoms with E-state index >= 15 is 0 Å². The highest BCUT2D eigenvalue weighted by Gasteiger charge is 2.60. The zero-order chi connectivity index (χ0) is 17.8. The lowest BCUT2D eigenvalue weighted by Crippen LogP contribution is -2.39. The summed E-state index contributed by atoms with van der Waals surface area (Å²) in [5.74, 6) is -0.269. The van der Waals surface area contributed by atoms with Crippen molar-refractivity contribution in [2.75, 3.05) is 11.9 Å². The van der Waals surface area contributed by atoms with E-state index in [-0.39, 0.29) is 36.1 Å². The minimum absolute atomic E-state index is 0.139. The summed E-state index contributed by atoms with van der Waals surface area (Å²) in [7, 11) is 0. The Hall–Kier alpha value is -2.69. The molecule has 1 aliphatic heterocycles. The van der Waals surface area contributed by atoms with Gasteiger partial charge in [0.2, 0.25) is 17.7 Å². The molecule has 5 rings (SSSR count). The van der Waals surface area contributed by atoms with Crippen LogP contribution in [0.4, 0.5) is 5.69 Å². The van der Waals surface area contributed by atoms with Gasteiger partial charge in [-0.3, -0.25) is 19.3 Å². The van der Waals surface area contributed by atoms with Crippen molar-refractivity contribution in [3.63, 3.8) is 0 Å². The summed E-state index contributed by atoms with van der Waals surface area (Å²) in [4.78, 5) is 39.2. The molecule has 3 fully saturated rings. The fourth-order valence-corrected chi connectivity index (χ4v) is 5.29. The van der Waals surface area contributed by atoms with E-state index in [1.807, 2.05) is 42.5 Å². The van der Waals surface area contributed by atoms with Crippen LogP contribution in [0.25, 0.3) is 10.8 Å². The molecule has 0 spiro atoms. The van der Waals surface area contributed by atoms with E-state index in [4.69, 9.17) is 0 Å². The average Bonchev–Trinajstić information content (AvgIpc) is 3.32. The Labute approximate surface area is 151 Å². The van der Waals surface area contributed by atoms with Gasteiger partial charge in [0.25, 0.3) is 0 Å². The number of nitrogens with zero attached hydrogens (tertiary/aromatic N) is 1. The molecular formula is C21H20N2O3. The molecule has 2 bridgehead atoms. The van der Waals surface area contributed by atoms with Crippen LogP contribution < -0.4 is 5.32 Å². The van der Waals surface area contributed by atoms with Gasteiger partial charge in [-0.15, -0.1) is 0 Å². The van der Waals surface area contributed by atoms with Crippen LogP contribution in [-0.2, 0) is 14.4 Å². The summed E-state index contributed by atoms with van der Waals surface area (Å²) in [6.45, 7) is -0.187. The maximum absolute atomic E-state index is 12.7. The highest BCUT2D eigenvalue weighted by Crippen LogP contribution is 2.56. The SMILES string of the molecule is O=C(CN1C(=O)[C@H]2[C@@H]3CC[C@@H](C3)[C@@H]2C1=O)Nc1cccc2ccccc12. The van der Waals surface area contributed by atoms with Crippen LogP contribution in [0.3, 0.4) is 0 Å². The second-order valence-corrected chi connectivity index (χ2v) is 7.72. The van der Waals surface area contributed by atoms with Crippen molar-refractivity contribution in [3.8, 4) is 0 Å². The minimum atomic E-state index is -0.324. The number of rotatable bonds is 3. The number of hydrogen-bond donors (Lipinski definition) is 1. The molecule has 1 heterocycles. The lowest BCUT2D eigenvalue weighted by atomic mass is 9.81. The molecule has 2 saturated carbocycles. The van der Waals surface area contributed by atoms with Crippen molar-refractivity contribution in [2.45, 2.75) is 19.3 Å². The van der Waals surface area contributed by atoms with E-state index in [0.717, 1.165) is 30.0 Å². The van der Waals surface area contributed by atoms with Crippen LogP contribution in [0, 0.1) is 23.7 Å². The Morgan fingerprint density at radius 3 is 2.35 bits per heavy atom. The number of imide groups is 1. The Bertz CT molecular complexity index is 905. The molecule has 2 aromatic rings. The minimum Gasteiger partial charge on any atom is -0.324 e. The van der Waals surface area contributed by atoms with E-state index in [2.05, 4.69) is 5.32 Å². The quantitative estimate of drug-likeness (QED) is 0.868. The van der Waals surface area contributed by atoms with Gasteiger partial charge in [0.1, 0.15) is 6.54 Å². The molecule has 3 amide bonds. The van der Waals surface area contributed by atoms with Gasteiger partial charge in [0.05, 0.1) is 11.8 Å². The predicted octanol–water partition coefficient (Wildman–Crippen LogP) is 2.81. The molecule has 5 heteroatoms. The van der Waals surface area contributed by atoms with Gasteiger partial charge in [0.15, 0.2) is 0 Å². The zero-order valence-electron chi connectivity index (χ0n) is 14.4. The van der Waals surface area contributed by atoms with Gasteiger partial charge < -0.3 is 5.32 Å². The number of hydrogen-bond acceptors (Lipinski definition) is 3. The second kappa shape index (κ2) is 5.66. The first-order valence-electron chi connectivity index (χ1n) is 9.26. The third-order valence-electron chi connectivity index (χ3n) is 6.38. The molecule has 0 radical (unpaired) electrons. The number of fused-ring (bicyclic) bond motifs is 6. The first kappa shape index (κ1) is 15.6. The number of benzene rings is 2. The average molecular weight is 348 g/mol. The fraction of sp³-hybridized carbons (Fsp3) is 0.381. The van der Waals surface area contributed by atoms with Crippen molar-refractivity contribution >= 4 is 34.2 Å². The number of carbonyl (C=O) groups excluding carboxylic acids is 3. The van der Waals surface area contributed by atoms with Gasteiger partial charge in [-0.05, 0) is 42.6 Å². The third-order valence-corrected chi connectivity index (χ3v) is 6.38. The van der Waals surface area contributed by atoms with Crippen LogP contribution in [0.5, 0.6) is 0 Å². The molecule has 1 N–H and O–H groups in total. The topological polar surface area (TPSA) is 66.5 Å². The summed E-state index contributed by atoms with van der Waals surface area (Å²) < 4.78 is 0. The van der Waals surface area contributed by atoms with Crippen molar-refractivity contribution in [1.82, 2.24) is 4.90 Å². The Morgan fingerprint density at radius 2 is 1.62 bits per heavy atom. The largest absolute Gasteiger partial charge is 0.324 e. The third kappa shape index (κ3) is 2.19. The summed E-state index contributed by atoms with van der Waals surface area (Å²) in [6.07, 6.45) is 3.09. The van der Waals surface area contributed by atoms with Crippen LogP contribution in [0.15, 0.2) is 42.5 Å². The molecular weight excluding hydrogens is 328 g/mol. The monoisotopic (exact) mass is 348 g/mol. The van der Waals surface area contributed by atoms with E-state index in [1.165, 1.54) is 4.90 Å². The predicted molar refractivity (Wildman–Crippen MR) is 97.1 cm³/mol. The van der Waals surface area contributed by atoms with Crippen molar-refractivity contribution in [1.29, 1.82) is 0 Å². The smallest absolute Gasteiger partial charge is 0.244 e. The Kier molecular flexibility index (Phi) is 3.39. The lowest BCUT2D eigenvalue weighted by molar-refractivity contribution is -0.143. The van der Waals surface area contributed by atoms with Gasteiger partial charge in [0, 0.05) is 11.1 Å². The molecule has 0 unspecified atom stereocenters. The second-order valence-electron chi connectivity index (χ2n) is 7.72. The Morgan fingerprint density at radius 1 is 0.962 bits per heavy atom. The van der Waals surface area contributed by atoms with Crippen LogP contribution in [0.1, 0.15) is 19.3 Å². The normalized spacial score (nSPS) is 29.5. The summed E-state index contributed by atoms with van der Waals surface area (Å²) in [5.41, 5.74) is 0.701. The number of amides is 3. The van der Waals surface area contributed by atoms with Crippen LogP contribution in [0.2, 0.25) is 0 Å². The van der Waals surface area contributed by atoms with Crippen molar-refractivity contribution in [2.24, 2.45) is 23.7 Å². The number of likely N-dealkylation sites (tertiary alicyclic amines) is 1. The first-order valence-corrected chi connectivity index (χ1v) is 9.26. The van der Waals surface area contributed by atoms with Crippen LogP contribution in [-0.4, -0.2) is 29.2 Å². The van der Waals surface area contributed by atoms with Crippen molar-refractivity contribution < 1.29 is 14.4 Å². The van der Waals surface area contributed by atoms with E-state index in [9.17, 15) is 14.4 Å². The molecule has 0 aromatic heterocycles. The van der Waals surface area contributed by atoms with Gasteiger partial charge in [-0.25, -0.2) is 0 Å². The highest BCUT2D eigenvalue weighted by atomic mass is 16.2. The molecule has 2 aliphatic carbocycles. The summed E-state index contributed by atoms with van der Waals surface area (Å²) in [6, 6.07) is 13.5. The number of nitrogens with one attached hydrogen (secondary N) is 1. The van der Waals surface area contributed by atoms with Gasteiger partial charge in [-0.2, -0.15) is 0 Å². The molecule has 3 aliphatic rings. The standard InChI is InChI=1S/C21H20N2O3/c24-17(22-16-7-3-5-12-4-1-2-6-15(12)16)11-23-20(25)18-13-8-9-14(10-13)19(18)21(23)26/h1-7,13-14,18-19H,8-11H2,(H,22,24)/t13-,14+,18-,19-/m0/s1. The molecule has 26 heavy (non-hydrogen) atoms. The van der Waals surface area contributed by atoms with Crippen LogP contribution >= 0.6 is 0 Å².